The summed E-state index contributed by atoms with van der Waals surface area (Å²) in [4.78, 5) is 6.80. The number of nitrogens with one attached hydrogen (secondary N) is 1. The number of amides is 1. The lowest BCUT2D eigenvalue weighted by Gasteiger charge is -2.09. The summed E-state index contributed by atoms with van der Waals surface area (Å²) in [6.45, 7) is 1.20. The first kappa shape index (κ1) is 10.8. The molecule has 0 saturated carbocycles. The summed E-state index contributed by atoms with van der Waals surface area (Å²) in [5.41, 5.74) is 0. The second-order valence-corrected chi connectivity index (χ2v) is 3.05. The highest BCUT2D eigenvalue weighted by Gasteiger charge is 2.34. The van der Waals surface area contributed by atoms with Crippen LogP contribution in [0.5, 0.6) is 0 Å². The van der Waals surface area contributed by atoms with Gasteiger partial charge in [-0.25, -0.2) is 0 Å². The molecule has 0 saturated heterocycles. The molecule has 6 heteroatoms. The average molecular weight is 232 g/mol. The van der Waals surface area contributed by atoms with Crippen LogP contribution in [0, 0.1) is 0 Å². The van der Waals surface area contributed by atoms with E-state index < -0.39 is 16.8 Å². The minimum Gasteiger partial charge on any atom is -0.392 e. The zero-order valence-corrected chi connectivity index (χ0v) is 7.36. The minimum absolute atomic E-state index is 0.181. The Morgan fingerprint density at radius 2 is 2.27 bits per heavy atom. The molecule has 0 aliphatic carbocycles. The van der Waals surface area contributed by atoms with Crippen LogP contribution in [0.25, 0.3) is 0 Å². The Morgan fingerprint density at radius 3 is 2.55 bits per heavy atom. The van der Waals surface area contributed by atoms with Crippen molar-refractivity contribution >= 4 is 21.8 Å². The Hall–Kier alpha value is -0.230. The van der Waals surface area contributed by atoms with E-state index in [1.165, 1.54) is 6.92 Å². The van der Waals surface area contributed by atoms with Crippen LogP contribution in [-0.2, 0) is 4.79 Å². The fourth-order valence-electron chi connectivity index (χ4n) is 0.341. The van der Waals surface area contributed by atoms with E-state index in [1.54, 1.807) is 0 Å². The van der Waals surface area contributed by atoms with Crippen molar-refractivity contribution in [3.63, 3.8) is 0 Å². The zero-order valence-electron chi connectivity index (χ0n) is 5.77. The topological polar surface area (TPSA) is 49.3 Å². The molecule has 66 valence electrons. The Labute approximate surface area is 70.9 Å². The Bertz CT molecular complexity index is 146. The highest BCUT2D eigenvalue weighted by atomic mass is 79.9. The lowest BCUT2D eigenvalue weighted by molar-refractivity contribution is -0.134. The van der Waals surface area contributed by atoms with E-state index in [9.17, 15) is 13.6 Å². The fraction of sp³-hybridized carbons (Fsp3) is 0.800. The van der Waals surface area contributed by atoms with Crippen molar-refractivity contribution in [2.24, 2.45) is 0 Å². The third kappa shape index (κ3) is 5.09. The molecule has 11 heavy (non-hydrogen) atoms. The quantitative estimate of drug-likeness (QED) is 0.695. The third-order valence-corrected chi connectivity index (χ3v) is 1.18. The second-order valence-electron chi connectivity index (χ2n) is 2.06. The molecule has 0 aromatic heterocycles. The first-order valence-corrected chi connectivity index (χ1v) is 3.66. The van der Waals surface area contributed by atoms with Crippen LogP contribution in [0.3, 0.4) is 0 Å². The number of hydrogen-bond donors (Lipinski definition) is 2. The van der Waals surface area contributed by atoms with Gasteiger partial charge in [0.1, 0.15) is 0 Å². The number of carbonyl (C=O) groups excluding carboxylic acids is 1. The number of hydrogen-bond acceptors (Lipinski definition) is 2. The van der Waals surface area contributed by atoms with Gasteiger partial charge in [0.05, 0.1) is 6.10 Å². The van der Waals surface area contributed by atoms with Gasteiger partial charge < -0.3 is 10.4 Å². The normalized spacial score (nSPS) is 14.3. The molecule has 0 aliphatic heterocycles. The molecule has 1 amide bonds. The van der Waals surface area contributed by atoms with Crippen LogP contribution in [0.15, 0.2) is 0 Å². The van der Waals surface area contributed by atoms with Gasteiger partial charge in [0, 0.05) is 22.5 Å². The van der Waals surface area contributed by atoms with E-state index in [4.69, 9.17) is 5.11 Å². The predicted molar refractivity (Wildman–Crippen MR) is 38.6 cm³/mol. The van der Waals surface area contributed by atoms with Crippen LogP contribution in [0.2, 0.25) is 0 Å². The predicted octanol–water partition coefficient (Wildman–Crippen LogP) is 0.471. The van der Waals surface area contributed by atoms with Crippen LogP contribution in [-0.4, -0.2) is 28.5 Å². The smallest absolute Gasteiger partial charge is 0.377 e. The van der Waals surface area contributed by atoms with Gasteiger partial charge in [-0.05, 0) is 6.92 Å². The van der Waals surface area contributed by atoms with Gasteiger partial charge >= 0.3 is 10.7 Å². The highest BCUT2D eigenvalue weighted by Crippen LogP contribution is 2.20. The van der Waals surface area contributed by atoms with E-state index in [0.717, 1.165) is 0 Å². The number of aliphatic hydroxyl groups is 1. The van der Waals surface area contributed by atoms with E-state index >= 15 is 0 Å². The maximum Gasteiger partial charge on any atom is 0.377 e. The molecule has 0 bridgehead atoms. The number of rotatable bonds is 3. The van der Waals surface area contributed by atoms with E-state index in [0.29, 0.717) is 0 Å². The van der Waals surface area contributed by atoms with Crippen LogP contribution in [0.1, 0.15) is 6.92 Å². The van der Waals surface area contributed by atoms with Crippen molar-refractivity contribution < 1.29 is 18.7 Å². The molecule has 2 N–H and O–H groups in total. The fourth-order valence-corrected chi connectivity index (χ4v) is 0.481. The maximum atomic E-state index is 12.0. The monoisotopic (exact) mass is 231 g/mol. The lowest BCUT2D eigenvalue weighted by atomic mass is 10.4. The average Bonchev–Trinajstić information content (AvgIpc) is 1.80. The van der Waals surface area contributed by atoms with Crippen molar-refractivity contribution in [3.8, 4) is 0 Å². The summed E-state index contributed by atoms with van der Waals surface area (Å²) in [7, 11) is 0. The first-order chi connectivity index (χ1) is 4.84. The summed E-state index contributed by atoms with van der Waals surface area (Å²) < 4.78 is 24.0. The number of alkyl halides is 3. The molecule has 3 nitrogen and oxygen atoms in total. The second kappa shape index (κ2) is 3.96. The first-order valence-electron chi connectivity index (χ1n) is 2.87. The molecule has 1 atom stereocenters. The zero-order chi connectivity index (χ0) is 9.07. The van der Waals surface area contributed by atoms with Gasteiger partial charge in [-0.2, -0.15) is 8.78 Å². The van der Waals surface area contributed by atoms with Crippen molar-refractivity contribution in [3.05, 3.63) is 0 Å². The van der Waals surface area contributed by atoms with Crippen molar-refractivity contribution in [2.75, 3.05) is 6.54 Å². The number of aliphatic hydroxyl groups excluding tert-OH is 1. The molecule has 0 radical (unpaired) electrons. The molecule has 0 spiro atoms. The van der Waals surface area contributed by atoms with Gasteiger partial charge in [0.15, 0.2) is 0 Å². The summed E-state index contributed by atoms with van der Waals surface area (Å²) in [5, 5.41) is 10.4. The lowest BCUT2D eigenvalue weighted by Crippen LogP contribution is -2.39. The van der Waals surface area contributed by atoms with E-state index in [-0.39, 0.29) is 6.54 Å². The van der Waals surface area contributed by atoms with E-state index in [1.807, 2.05) is 21.2 Å². The van der Waals surface area contributed by atoms with Crippen LogP contribution >= 0.6 is 15.9 Å². The van der Waals surface area contributed by atoms with Crippen LogP contribution in [0.4, 0.5) is 8.78 Å². The summed E-state index contributed by atoms with van der Waals surface area (Å²) in [5.74, 6) is -1.45. The van der Waals surface area contributed by atoms with Crippen molar-refractivity contribution in [2.45, 2.75) is 17.9 Å². The summed E-state index contributed by atoms with van der Waals surface area (Å²) >= 11 is 1.87. The van der Waals surface area contributed by atoms with Gasteiger partial charge in [0.2, 0.25) is 0 Å². The SMILES string of the molecule is C[C@H](O)CNC(=O)C(F)(F)Br. The van der Waals surface area contributed by atoms with Gasteiger partial charge in [-0.15, -0.1) is 0 Å². The minimum atomic E-state index is -3.55. The summed E-state index contributed by atoms with van der Waals surface area (Å²) in [6.07, 6.45) is -0.825. The molecule has 0 fully saturated rings. The molecular formula is C5H8BrF2NO2. The van der Waals surface area contributed by atoms with Crippen LogP contribution < -0.4 is 5.32 Å². The Morgan fingerprint density at radius 1 is 1.82 bits per heavy atom. The molecule has 0 aromatic rings. The Kier molecular flexibility index (Phi) is 3.88. The molecular weight excluding hydrogens is 224 g/mol. The van der Waals surface area contributed by atoms with Crippen molar-refractivity contribution in [1.82, 2.24) is 5.32 Å². The van der Waals surface area contributed by atoms with E-state index in [2.05, 4.69) is 0 Å². The molecule has 0 aromatic carbocycles. The standard InChI is InChI=1S/C5H8BrF2NO2/c1-3(10)2-9-4(11)5(6,7)8/h3,10H,2H2,1H3,(H,9,11)/t3-/m0/s1. The van der Waals surface area contributed by atoms with Gasteiger partial charge in [-0.3, -0.25) is 4.79 Å². The summed E-state index contributed by atoms with van der Waals surface area (Å²) in [6, 6.07) is 0. The third-order valence-electron chi connectivity index (χ3n) is 0.815. The maximum absolute atomic E-state index is 12.0. The largest absolute Gasteiger partial charge is 0.392 e. The highest BCUT2D eigenvalue weighted by molar-refractivity contribution is 9.10. The molecule has 0 heterocycles. The number of halogens is 3. The van der Waals surface area contributed by atoms with Gasteiger partial charge in [0.25, 0.3) is 0 Å². The van der Waals surface area contributed by atoms with Gasteiger partial charge in [-0.1, -0.05) is 0 Å². The number of carbonyl (C=O) groups is 1. The molecule has 0 aliphatic rings. The van der Waals surface area contributed by atoms with Crippen molar-refractivity contribution in [1.29, 1.82) is 0 Å². The Balaban J connectivity index is 3.71. The molecule has 0 unspecified atom stereocenters. The molecule has 0 rings (SSSR count).